The van der Waals surface area contributed by atoms with Crippen molar-refractivity contribution < 1.29 is 80.7 Å². The van der Waals surface area contributed by atoms with Crippen molar-refractivity contribution in [3.63, 3.8) is 0 Å². The molecule has 0 aliphatic rings. The molecule has 8 nitrogen and oxygen atoms in total. The summed E-state index contributed by atoms with van der Waals surface area (Å²) in [5.74, 6) is -3.39. The van der Waals surface area contributed by atoms with Gasteiger partial charge in [-0.05, 0) is 17.2 Å². The number of ether oxygens (including phenoxy) is 1. The summed E-state index contributed by atoms with van der Waals surface area (Å²) in [4.78, 5) is 38.9. The quantitative estimate of drug-likeness (QED) is 0.302. The fourth-order valence-corrected chi connectivity index (χ4v) is 2.89. The molecule has 0 saturated carbocycles. The number of rotatable bonds is 7. The van der Waals surface area contributed by atoms with Gasteiger partial charge in [0.1, 0.15) is 6.61 Å². The van der Waals surface area contributed by atoms with E-state index in [1.807, 2.05) is 5.32 Å². The van der Waals surface area contributed by atoms with Crippen molar-refractivity contribution in [1.82, 2.24) is 10.3 Å². The van der Waals surface area contributed by atoms with Gasteiger partial charge in [-0.25, -0.2) is 14.4 Å². The Labute approximate surface area is 208 Å². The fraction of sp³-hybridized carbons (Fsp3) is 0.150. The van der Waals surface area contributed by atoms with Gasteiger partial charge in [0.25, 0.3) is 0 Å². The van der Waals surface area contributed by atoms with E-state index in [-0.39, 0.29) is 58.0 Å². The first kappa shape index (κ1) is 23.1. The topological polar surface area (TPSA) is 129 Å². The molecule has 0 atom stereocenters. The van der Waals surface area contributed by atoms with Crippen molar-refractivity contribution in [2.24, 2.45) is 0 Å². The molecule has 1 amide bonds. The molecule has 0 aliphatic heterocycles. The van der Waals surface area contributed by atoms with Crippen LogP contribution in [-0.4, -0.2) is 38.8 Å². The summed E-state index contributed by atoms with van der Waals surface area (Å²) in [5.41, 5.74) is -0.707. The van der Waals surface area contributed by atoms with Crippen LogP contribution >= 0.6 is 0 Å². The Morgan fingerprint density at radius 3 is 2.24 bits per heavy atom. The number of hydrogen-bond donors (Lipinski definition) is 4. The van der Waals surface area contributed by atoms with Crippen LogP contribution in [0.15, 0.2) is 60.8 Å². The van der Waals surface area contributed by atoms with E-state index in [4.69, 9.17) is 4.74 Å². The standard InChI is InChI=1S/C20H18N2O6.K/c23-17(24)20(18(25)26,10-14-11-21-16-9-5-4-8-15(14)16)22-19(27)28-12-13-6-2-1-3-7-13;/h1-9,11,21H,10,12H2,(H,22,27)(H,23,24)(H,25,26);/q;+1. The zero-order chi connectivity index (χ0) is 20.1. The molecule has 0 saturated heterocycles. The molecule has 4 N–H and O–H groups in total. The number of para-hydroxylation sites is 1. The first-order valence-electron chi connectivity index (χ1n) is 8.43. The van der Waals surface area contributed by atoms with Crippen LogP contribution in [0.3, 0.4) is 0 Å². The van der Waals surface area contributed by atoms with E-state index in [2.05, 4.69) is 4.98 Å². The second kappa shape index (κ2) is 10.0. The molecule has 1 heterocycles. The van der Waals surface area contributed by atoms with E-state index in [1.165, 1.54) is 6.20 Å². The van der Waals surface area contributed by atoms with Gasteiger partial charge in [-0.1, -0.05) is 48.5 Å². The molecule has 3 aromatic rings. The number of nitrogens with one attached hydrogen (secondary N) is 2. The fourth-order valence-electron chi connectivity index (χ4n) is 2.89. The summed E-state index contributed by atoms with van der Waals surface area (Å²) in [7, 11) is 0. The number of aromatic nitrogens is 1. The molecule has 0 bridgehead atoms. The van der Waals surface area contributed by atoms with Crippen LogP contribution in [-0.2, 0) is 27.4 Å². The number of amides is 1. The first-order valence-corrected chi connectivity index (χ1v) is 8.43. The largest absolute Gasteiger partial charge is 1.00 e. The van der Waals surface area contributed by atoms with Crippen LogP contribution in [0.25, 0.3) is 10.9 Å². The Balaban J connectivity index is 0.00000300. The number of hydrogen-bond acceptors (Lipinski definition) is 4. The Morgan fingerprint density at radius 2 is 1.59 bits per heavy atom. The zero-order valence-electron chi connectivity index (χ0n) is 15.7. The summed E-state index contributed by atoms with van der Waals surface area (Å²) in [5, 5.41) is 22.0. The molecule has 0 unspecified atom stereocenters. The van der Waals surface area contributed by atoms with Crippen LogP contribution in [0.1, 0.15) is 11.1 Å². The first-order chi connectivity index (χ1) is 13.4. The van der Waals surface area contributed by atoms with Crippen molar-refractivity contribution in [1.29, 1.82) is 0 Å². The van der Waals surface area contributed by atoms with Crippen LogP contribution in [0.4, 0.5) is 4.79 Å². The predicted octanol–water partition coefficient (Wildman–Crippen LogP) is -0.451. The van der Waals surface area contributed by atoms with E-state index in [9.17, 15) is 24.6 Å². The Morgan fingerprint density at radius 1 is 0.966 bits per heavy atom. The molecule has 0 radical (unpaired) electrons. The average molecular weight is 421 g/mol. The van der Waals surface area contributed by atoms with Crippen LogP contribution in [0.2, 0.25) is 0 Å². The van der Waals surface area contributed by atoms with Gasteiger partial charge in [0, 0.05) is 23.5 Å². The molecular formula is C20H18KN2O6+. The molecule has 1 aromatic heterocycles. The van der Waals surface area contributed by atoms with E-state index < -0.39 is 30.0 Å². The van der Waals surface area contributed by atoms with E-state index >= 15 is 0 Å². The van der Waals surface area contributed by atoms with Gasteiger partial charge in [0.05, 0.1) is 0 Å². The number of carbonyl (C=O) groups excluding carboxylic acids is 1. The molecule has 0 fully saturated rings. The summed E-state index contributed by atoms with van der Waals surface area (Å²) in [6.45, 7) is -0.116. The third-order valence-electron chi connectivity index (χ3n) is 4.39. The van der Waals surface area contributed by atoms with E-state index in [0.717, 1.165) is 5.52 Å². The van der Waals surface area contributed by atoms with Gasteiger partial charge in [-0.2, -0.15) is 0 Å². The van der Waals surface area contributed by atoms with Crippen molar-refractivity contribution in [3.05, 3.63) is 71.9 Å². The normalized spacial score (nSPS) is 10.8. The van der Waals surface area contributed by atoms with Crippen LogP contribution in [0.5, 0.6) is 0 Å². The minimum atomic E-state index is -2.57. The van der Waals surface area contributed by atoms with Crippen molar-refractivity contribution in [2.75, 3.05) is 0 Å². The second-order valence-corrected chi connectivity index (χ2v) is 6.24. The SMILES string of the molecule is O=C(NC(Cc1c[nH]c2ccccc12)(C(=O)O)C(=O)O)OCc1ccccc1.[K+]. The number of alkyl carbamates (subject to hydrolysis) is 1. The Kier molecular flexibility index (Phi) is 8.00. The molecule has 29 heavy (non-hydrogen) atoms. The summed E-state index contributed by atoms with van der Waals surface area (Å²) in [6, 6.07) is 15.8. The Hall–Kier alpha value is -2.17. The minimum absolute atomic E-state index is 0. The zero-order valence-corrected chi connectivity index (χ0v) is 18.8. The molecular weight excluding hydrogens is 403 g/mol. The van der Waals surface area contributed by atoms with Gasteiger partial charge in [-0.3, -0.25) is 5.32 Å². The van der Waals surface area contributed by atoms with E-state index in [0.29, 0.717) is 16.5 Å². The average Bonchev–Trinajstić information content (AvgIpc) is 3.09. The van der Waals surface area contributed by atoms with Gasteiger partial charge >= 0.3 is 69.4 Å². The number of fused-ring (bicyclic) bond motifs is 1. The molecule has 2 aromatic carbocycles. The maximum atomic E-state index is 12.2. The smallest absolute Gasteiger partial charge is 0.479 e. The van der Waals surface area contributed by atoms with Gasteiger partial charge in [0.15, 0.2) is 0 Å². The van der Waals surface area contributed by atoms with Crippen molar-refractivity contribution >= 4 is 28.9 Å². The number of benzene rings is 2. The van der Waals surface area contributed by atoms with Crippen LogP contribution in [0, 0.1) is 0 Å². The third-order valence-corrected chi connectivity index (χ3v) is 4.39. The number of H-pyrrole nitrogens is 1. The number of carboxylic acid groups (broad SMARTS) is 2. The van der Waals surface area contributed by atoms with Crippen molar-refractivity contribution in [3.8, 4) is 0 Å². The molecule has 3 rings (SSSR count). The number of carbonyl (C=O) groups is 3. The summed E-state index contributed by atoms with van der Waals surface area (Å²) in [6.07, 6.45) is -0.0572. The molecule has 0 spiro atoms. The molecule has 0 aliphatic carbocycles. The van der Waals surface area contributed by atoms with Gasteiger partial charge < -0.3 is 19.9 Å². The number of carboxylic acids is 2. The van der Waals surface area contributed by atoms with Crippen LogP contribution < -0.4 is 56.7 Å². The molecule has 144 valence electrons. The second-order valence-electron chi connectivity index (χ2n) is 6.24. The number of aromatic amines is 1. The Bertz CT molecular complexity index is 1000. The number of aliphatic carboxylic acids is 2. The van der Waals surface area contributed by atoms with Gasteiger partial charge in [0.2, 0.25) is 5.54 Å². The molecule has 9 heteroatoms. The third kappa shape index (κ3) is 5.25. The minimum Gasteiger partial charge on any atom is -0.479 e. The van der Waals surface area contributed by atoms with Gasteiger partial charge in [-0.15, -0.1) is 0 Å². The predicted molar refractivity (Wildman–Crippen MR) is 99.8 cm³/mol. The monoisotopic (exact) mass is 421 g/mol. The maximum Gasteiger partial charge on any atom is 1.00 e. The van der Waals surface area contributed by atoms with Crippen molar-refractivity contribution in [2.45, 2.75) is 18.6 Å². The summed E-state index contributed by atoms with van der Waals surface area (Å²) >= 11 is 0. The van der Waals surface area contributed by atoms with E-state index in [1.54, 1.807) is 54.6 Å². The maximum absolute atomic E-state index is 12.2. The summed E-state index contributed by atoms with van der Waals surface area (Å²) < 4.78 is 5.01.